The van der Waals surface area contributed by atoms with Gasteiger partial charge in [-0.1, -0.05) is 13.0 Å². The van der Waals surface area contributed by atoms with Crippen molar-refractivity contribution in [3.8, 4) is 16.9 Å². The van der Waals surface area contributed by atoms with Gasteiger partial charge in [-0.3, -0.25) is 0 Å². The van der Waals surface area contributed by atoms with Gasteiger partial charge in [-0.05, 0) is 42.0 Å². The Morgan fingerprint density at radius 2 is 1.44 bits per heavy atom. The van der Waals surface area contributed by atoms with Crippen molar-refractivity contribution < 1.29 is 44.9 Å². The molecule has 0 bridgehead atoms. The Kier molecular flexibility index (Phi) is 6.55. The van der Waals surface area contributed by atoms with Crippen LogP contribution in [0.25, 0.3) is 11.1 Å². The van der Waals surface area contributed by atoms with Gasteiger partial charge in [0.15, 0.2) is 23.7 Å². The molecule has 0 aliphatic carbocycles. The smallest absolute Gasteiger partial charge is 0.429 e. The molecule has 10 heteroatoms. The third kappa shape index (κ3) is 4.88. The molecule has 0 saturated carbocycles. The van der Waals surface area contributed by atoms with Crippen LogP contribution in [0.2, 0.25) is 0 Å². The predicted molar refractivity (Wildman–Crippen MR) is 106 cm³/mol. The summed E-state index contributed by atoms with van der Waals surface area (Å²) in [5, 5.41) is 0. The molecule has 1 heterocycles. The van der Waals surface area contributed by atoms with Crippen LogP contribution < -0.4 is 4.74 Å². The number of benzene rings is 3. The van der Waals surface area contributed by atoms with Crippen molar-refractivity contribution in [1.29, 1.82) is 0 Å². The summed E-state index contributed by atoms with van der Waals surface area (Å²) in [4.78, 5) is 0. The van der Waals surface area contributed by atoms with Crippen LogP contribution in [-0.4, -0.2) is 13.2 Å². The summed E-state index contributed by atoms with van der Waals surface area (Å²) >= 11 is 0. The second-order valence-electron chi connectivity index (χ2n) is 7.86. The van der Waals surface area contributed by atoms with Crippen molar-refractivity contribution in [2.45, 2.75) is 19.3 Å². The minimum Gasteiger partial charge on any atom is -0.429 e. The Bertz CT molecular complexity index is 1180. The summed E-state index contributed by atoms with van der Waals surface area (Å²) < 4.78 is 114. The molecule has 0 amide bonds. The maximum Gasteiger partial charge on any atom is 0.429 e. The Morgan fingerprint density at radius 1 is 0.794 bits per heavy atom. The summed E-state index contributed by atoms with van der Waals surface area (Å²) in [6, 6.07) is 6.34. The zero-order chi connectivity index (χ0) is 24.6. The van der Waals surface area contributed by atoms with Gasteiger partial charge in [0.2, 0.25) is 0 Å². The molecule has 3 aromatic rings. The van der Waals surface area contributed by atoms with Crippen molar-refractivity contribution in [2.24, 2.45) is 5.92 Å². The van der Waals surface area contributed by atoms with Crippen LogP contribution in [0.1, 0.15) is 24.3 Å². The Labute approximate surface area is 189 Å². The van der Waals surface area contributed by atoms with E-state index in [9.17, 15) is 30.7 Å². The van der Waals surface area contributed by atoms with Gasteiger partial charge in [0.05, 0.1) is 18.8 Å². The van der Waals surface area contributed by atoms with Crippen LogP contribution in [-0.2, 0) is 15.6 Å². The van der Waals surface area contributed by atoms with E-state index in [1.165, 1.54) is 6.07 Å². The van der Waals surface area contributed by atoms with Gasteiger partial charge >= 0.3 is 6.11 Å². The van der Waals surface area contributed by atoms with E-state index in [0.29, 0.717) is 31.4 Å². The molecule has 0 unspecified atom stereocenters. The second kappa shape index (κ2) is 9.27. The number of ether oxygens (including phenoxy) is 3. The number of alkyl halides is 2. The summed E-state index contributed by atoms with van der Waals surface area (Å²) in [6.07, 6.45) is -5.08. The zero-order valence-electron chi connectivity index (χ0n) is 17.6. The standard InChI is InChI=1S/C24H17F7O3/c1-12-10-32-23(33-11-12)13-2-5-17(19(26)6-13)24(30,31)34-15-3-4-16(18(25)9-15)14-7-20(27)22(29)21(28)8-14/h2-9,12,23H,10-11H2,1H3. The highest BCUT2D eigenvalue weighted by Crippen LogP contribution is 2.37. The molecular weight excluding hydrogens is 469 g/mol. The van der Waals surface area contributed by atoms with Crippen LogP contribution in [0.4, 0.5) is 30.7 Å². The first-order valence-corrected chi connectivity index (χ1v) is 10.1. The lowest BCUT2D eigenvalue weighted by molar-refractivity contribution is -0.202. The topological polar surface area (TPSA) is 27.7 Å². The molecule has 1 fully saturated rings. The third-order valence-corrected chi connectivity index (χ3v) is 5.12. The summed E-state index contributed by atoms with van der Waals surface area (Å²) in [5.41, 5.74) is -1.63. The lowest BCUT2D eigenvalue weighted by atomic mass is 10.0. The van der Waals surface area contributed by atoms with Crippen molar-refractivity contribution in [3.63, 3.8) is 0 Å². The monoisotopic (exact) mass is 486 g/mol. The Balaban J connectivity index is 1.54. The van der Waals surface area contributed by atoms with E-state index in [4.69, 9.17) is 9.47 Å². The molecule has 1 aliphatic heterocycles. The Morgan fingerprint density at radius 3 is 2.03 bits per heavy atom. The third-order valence-electron chi connectivity index (χ3n) is 5.12. The van der Waals surface area contributed by atoms with E-state index in [0.717, 1.165) is 24.3 Å². The van der Waals surface area contributed by atoms with Crippen molar-refractivity contribution >= 4 is 0 Å². The molecule has 1 saturated heterocycles. The number of halogens is 7. The molecule has 34 heavy (non-hydrogen) atoms. The average Bonchev–Trinajstić information content (AvgIpc) is 2.77. The van der Waals surface area contributed by atoms with Gasteiger partial charge in [-0.2, -0.15) is 8.78 Å². The summed E-state index contributed by atoms with van der Waals surface area (Å²) in [5.74, 6) is -7.81. The van der Waals surface area contributed by atoms with Gasteiger partial charge in [0, 0.05) is 23.1 Å². The van der Waals surface area contributed by atoms with Gasteiger partial charge in [-0.25, -0.2) is 22.0 Å². The Hall–Kier alpha value is -3.11. The first-order chi connectivity index (χ1) is 16.0. The van der Waals surface area contributed by atoms with Crippen LogP contribution in [0.3, 0.4) is 0 Å². The average molecular weight is 486 g/mol. The van der Waals surface area contributed by atoms with E-state index in [-0.39, 0.29) is 22.6 Å². The van der Waals surface area contributed by atoms with E-state index in [1.807, 2.05) is 6.92 Å². The van der Waals surface area contributed by atoms with E-state index >= 15 is 0 Å². The second-order valence-corrected chi connectivity index (χ2v) is 7.86. The molecule has 0 spiro atoms. The van der Waals surface area contributed by atoms with Crippen LogP contribution in [0.15, 0.2) is 48.5 Å². The van der Waals surface area contributed by atoms with Crippen molar-refractivity contribution in [3.05, 3.63) is 88.7 Å². The fraction of sp³-hybridized carbons (Fsp3) is 0.250. The lowest BCUT2D eigenvalue weighted by Gasteiger charge is -2.28. The first-order valence-electron chi connectivity index (χ1n) is 10.1. The fourth-order valence-corrected chi connectivity index (χ4v) is 3.41. The van der Waals surface area contributed by atoms with Gasteiger partial charge in [0.25, 0.3) is 0 Å². The maximum absolute atomic E-state index is 14.6. The molecule has 4 rings (SSSR count). The zero-order valence-corrected chi connectivity index (χ0v) is 17.6. The van der Waals surface area contributed by atoms with Crippen molar-refractivity contribution in [1.82, 2.24) is 0 Å². The van der Waals surface area contributed by atoms with Crippen LogP contribution in [0, 0.1) is 35.0 Å². The minimum absolute atomic E-state index is 0.144. The van der Waals surface area contributed by atoms with Crippen molar-refractivity contribution in [2.75, 3.05) is 13.2 Å². The molecule has 0 atom stereocenters. The molecule has 180 valence electrons. The quantitative estimate of drug-likeness (QED) is 0.291. The molecule has 3 nitrogen and oxygen atoms in total. The molecule has 0 radical (unpaired) electrons. The van der Waals surface area contributed by atoms with E-state index < -0.39 is 52.8 Å². The molecule has 0 N–H and O–H groups in total. The molecular formula is C24H17F7O3. The van der Waals surface area contributed by atoms with Crippen LogP contribution >= 0.6 is 0 Å². The van der Waals surface area contributed by atoms with Gasteiger partial charge in [-0.15, -0.1) is 0 Å². The summed E-state index contributed by atoms with van der Waals surface area (Å²) in [7, 11) is 0. The van der Waals surface area contributed by atoms with Gasteiger partial charge < -0.3 is 14.2 Å². The SMILES string of the molecule is CC1COC(c2ccc(C(F)(F)Oc3ccc(-c4cc(F)c(F)c(F)c4)c(F)c3)c(F)c2)OC1. The van der Waals surface area contributed by atoms with E-state index in [2.05, 4.69) is 4.74 Å². The van der Waals surface area contributed by atoms with E-state index in [1.54, 1.807) is 0 Å². The number of hydrogen-bond donors (Lipinski definition) is 0. The highest BCUT2D eigenvalue weighted by molar-refractivity contribution is 5.65. The summed E-state index contributed by atoms with van der Waals surface area (Å²) in [6.45, 7) is 2.63. The minimum atomic E-state index is -4.19. The molecule has 1 aliphatic rings. The fourth-order valence-electron chi connectivity index (χ4n) is 3.41. The predicted octanol–water partition coefficient (Wildman–Crippen LogP) is 6.86. The van der Waals surface area contributed by atoms with Crippen LogP contribution in [0.5, 0.6) is 5.75 Å². The maximum atomic E-state index is 14.6. The molecule has 0 aromatic heterocycles. The highest BCUT2D eigenvalue weighted by Gasteiger charge is 2.38. The number of rotatable bonds is 5. The normalized spacial score (nSPS) is 18.7. The van der Waals surface area contributed by atoms with Gasteiger partial charge in [0.1, 0.15) is 17.4 Å². The highest BCUT2D eigenvalue weighted by atomic mass is 19.3. The first kappa shape index (κ1) is 24.0. The largest absolute Gasteiger partial charge is 0.429 e. The molecule has 3 aromatic carbocycles. The number of hydrogen-bond acceptors (Lipinski definition) is 3. The lowest BCUT2D eigenvalue weighted by Crippen LogP contribution is -2.26.